The van der Waals surface area contributed by atoms with Crippen molar-refractivity contribution in [3.63, 3.8) is 0 Å². The van der Waals surface area contributed by atoms with Crippen LogP contribution in [0.2, 0.25) is 0 Å². The number of morpholine rings is 1. The van der Waals surface area contributed by atoms with Crippen LogP contribution in [-0.2, 0) is 11.2 Å². The molecule has 1 aromatic heterocycles. The second kappa shape index (κ2) is 13.2. The number of nitrogens with zero attached hydrogens (tertiary/aromatic N) is 3. The summed E-state index contributed by atoms with van der Waals surface area (Å²) in [5.74, 6) is 1.91. The molecule has 35 heavy (non-hydrogen) atoms. The molecule has 0 spiro atoms. The van der Waals surface area contributed by atoms with E-state index in [9.17, 15) is 0 Å². The van der Waals surface area contributed by atoms with Crippen LogP contribution in [0.4, 0.5) is 0 Å². The van der Waals surface area contributed by atoms with Crippen LogP contribution in [-0.4, -0.2) is 61.4 Å². The first-order valence-corrected chi connectivity index (χ1v) is 12.7. The monoisotopic (exact) mass is 475 g/mol. The summed E-state index contributed by atoms with van der Waals surface area (Å²) in [5, 5.41) is 0. The summed E-state index contributed by atoms with van der Waals surface area (Å²) >= 11 is 0. The van der Waals surface area contributed by atoms with Crippen LogP contribution in [0, 0.1) is 0 Å². The van der Waals surface area contributed by atoms with Gasteiger partial charge in [0.05, 0.1) is 44.5 Å². The third kappa shape index (κ3) is 7.26. The molecule has 4 rings (SSSR count). The second-order valence-corrected chi connectivity index (χ2v) is 9.02. The van der Waals surface area contributed by atoms with E-state index in [2.05, 4.69) is 47.1 Å². The summed E-state index contributed by atoms with van der Waals surface area (Å²) in [7, 11) is 1.68. The molecule has 0 N–H and O–H groups in total. The van der Waals surface area contributed by atoms with Gasteiger partial charge in [0.1, 0.15) is 0 Å². The highest BCUT2D eigenvalue weighted by Gasteiger charge is 2.15. The normalized spacial score (nSPS) is 15.0. The fraction of sp³-hybridized carbons (Fsp3) is 0.448. The smallest absolute Gasteiger partial charge is 0.161 e. The van der Waals surface area contributed by atoms with Crippen molar-refractivity contribution in [1.29, 1.82) is 0 Å². The lowest BCUT2D eigenvalue weighted by atomic mass is 9.90. The lowest BCUT2D eigenvalue weighted by Gasteiger charge is -2.26. The Morgan fingerprint density at radius 2 is 1.86 bits per heavy atom. The molecule has 0 radical (unpaired) electrons. The standard InChI is InChI=1S/C29H37N3O3/c1-3-8-24(23-9-5-4-6-10-23)19-26-21-30-22-27(31-26)25-11-12-28(29(20-25)33-2)35-16-7-13-32-14-17-34-18-15-32/h4-6,9-12,20-22,24H,3,7-8,13-19H2,1-2H3. The maximum Gasteiger partial charge on any atom is 0.161 e. The Bertz CT molecular complexity index is 1040. The first-order chi connectivity index (χ1) is 17.3. The summed E-state index contributed by atoms with van der Waals surface area (Å²) in [5.41, 5.74) is 4.19. The molecule has 6 nitrogen and oxygen atoms in total. The van der Waals surface area contributed by atoms with Gasteiger partial charge in [0.15, 0.2) is 11.5 Å². The fourth-order valence-electron chi connectivity index (χ4n) is 4.60. The maximum atomic E-state index is 6.04. The van der Waals surface area contributed by atoms with Gasteiger partial charge in [-0.25, -0.2) is 4.98 Å². The SMILES string of the molecule is CCCC(Cc1cncc(-c2ccc(OCCCN3CCOCC3)c(OC)c2)n1)c1ccccc1. The predicted octanol–water partition coefficient (Wildman–Crippen LogP) is 5.38. The minimum atomic E-state index is 0.438. The molecular formula is C29H37N3O3. The van der Waals surface area contributed by atoms with E-state index in [-0.39, 0.29) is 0 Å². The summed E-state index contributed by atoms with van der Waals surface area (Å²) in [4.78, 5) is 11.9. The maximum absolute atomic E-state index is 6.04. The minimum Gasteiger partial charge on any atom is -0.493 e. The predicted molar refractivity (Wildman–Crippen MR) is 139 cm³/mol. The third-order valence-electron chi connectivity index (χ3n) is 6.49. The van der Waals surface area contributed by atoms with E-state index in [0.717, 1.165) is 81.2 Å². The van der Waals surface area contributed by atoms with Gasteiger partial charge in [0.25, 0.3) is 0 Å². The molecule has 6 heteroatoms. The molecule has 0 aliphatic carbocycles. The van der Waals surface area contributed by atoms with Gasteiger partial charge in [0.2, 0.25) is 0 Å². The van der Waals surface area contributed by atoms with Gasteiger partial charge >= 0.3 is 0 Å². The van der Waals surface area contributed by atoms with Crippen LogP contribution in [0.15, 0.2) is 60.9 Å². The second-order valence-electron chi connectivity index (χ2n) is 9.02. The van der Waals surface area contributed by atoms with Gasteiger partial charge in [-0.05, 0) is 48.9 Å². The van der Waals surface area contributed by atoms with Crippen molar-refractivity contribution in [3.8, 4) is 22.8 Å². The molecule has 1 saturated heterocycles. The molecule has 1 atom stereocenters. The van der Waals surface area contributed by atoms with Gasteiger partial charge in [0, 0.05) is 31.4 Å². The highest BCUT2D eigenvalue weighted by molar-refractivity contribution is 5.63. The van der Waals surface area contributed by atoms with E-state index in [4.69, 9.17) is 19.2 Å². The van der Waals surface area contributed by atoms with Crippen molar-refractivity contribution >= 4 is 0 Å². The van der Waals surface area contributed by atoms with E-state index in [1.165, 1.54) is 5.56 Å². The number of ether oxygens (including phenoxy) is 3. The molecule has 3 aromatic rings. The summed E-state index contributed by atoms with van der Waals surface area (Å²) in [6.07, 6.45) is 7.81. The molecule has 1 unspecified atom stereocenters. The van der Waals surface area contributed by atoms with Gasteiger partial charge < -0.3 is 14.2 Å². The zero-order valence-electron chi connectivity index (χ0n) is 21.0. The van der Waals surface area contributed by atoms with Crippen molar-refractivity contribution in [2.24, 2.45) is 0 Å². The molecular weight excluding hydrogens is 438 g/mol. The zero-order chi connectivity index (χ0) is 24.3. The summed E-state index contributed by atoms with van der Waals surface area (Å²) in [6, 6.07) is 16.7. The van der Waals surface area contributed by atoms with Crippen LogP contribution < -0.4 is 9.47 Å². The van der Waals surface area contributed by atoms with Crippen molar-refractivity contribution in [1.82, 2.24) is 14.9 Å². The molecule has 0 saturated carbocycles. The Morgan fingerprint density at radius 1 is 1.03 bits per heavy atom. The molecule has 2 heterocycles. The number of benzene rings is 2. The van der Waals surface area contributed by atoms with E-state index >= 15 is 0 Å². The summed E-state index contributed by atoms with van der Waals surface area (Å²) < 4.78 is 17.1. The number of aromatic nitrogens is 2. The molecule has 1 aliphatic rings. The van der Waals surface area contributed by atoms with Crippen molar-refractivity contribution < 1.29 is 14.2 Å². The van der Waals surface area contributed by atoms with E-state index < -0.39 is 0 Å². The topological polar surface area (TPSA) is 56.7 Å². The van der Waals surface area contributed by atoms with E-state index in [1.807, 2.05) is 30.6 Å². The average Bonchev–Trinajstić information content (AvgIpc) is 2.92. The Hall–Kier alpha value is -2.96. The highest BCUT2D eigenvalue weighted by Crippen LogP contribution is 2.32. The average molecular weight is 476 g/mol. The van der Waals surface area contributed by atoms with Crippen LogP contribution in [0.5, 0.6) is 11.5 Å². The van der Waals surface area contributed by atoms with Crippen LogP contribution in [0.1, 0.15) is 43.4 Å². The van der Waals surface area contributed by atoms with Gasteiger partial charge in [-0.1, -0.05) is 43.7 Å². The Balaban J connectivity index is 1.40. The number of hydrogen-bond acceptors (Lipinski definition) is 6. The Labute approximate surface area is 209 Å². The molecule has 2 aromatic carbocycles. The van der Waals surface area contributed by atoms with E-state index in [1.54, 1.807) is 7.11 Å². The number of methoxy groups -OCH3 is 1. The first-order valence-electron chi connectivity index (χ1n) is 12.7. The largest absolute Gasteiger partial charge is 0.493 e. The molecule has 0 amide bonds. The Kier molecular flexibility index (Phi) is 9.49. The highest BCUT2D eigenvalue weighted by atomic mass is 16.5. The van der Waals surface area contributed by atoms with Crippen LogP contribution in [0.3, 0.4) is 0 Å². The van der Waals surface area contributed by atoms with Crippen molar-refractivity contribution in [2.45, 2.75) is 38.5 Å². The Morgan fingerprint density at radius 3 is 2.63 bits per heavy atom. The van der Waals surface area contributed by atoms with Crippen LogP contribution in [0.25, 0.3) is 11.3 Å². The first kappa shape index (κ1) is 25.1. The van der Waals surface area contributed by atoms with Crippen molar-refractivity contribution in [3.05, 3.63) is 72.2 Å². The molecule has 186 valence electrons. The third-order valence-corrected chi connectivity index (χ3v) is 6.49. The fourth-order valence-corrected chi connectivity index (χ4v) is 4.60. The van der Waals surface area contributed by atoms with E-state index in [0.29, 0.717) is 18.3 Å². The molecule has 0 bridgehead atoms. The molecule has 1 fully saturated rings. The lowest BCUT2D eigenvalue weighted by molar-refractivity contribution is 0.0357. The lowest BCUT2D eigenvalue weighted by Crippen LogP contribution is -2.37. The van der Waals surface area contributed by atoms with Gasteiger partial charge in [-0.2, -0.15) is 0 Å². The quantitative estimate of drug-likeness (QED) is 0.328. The van der Waals surface area contributed by atoms with Gasteiger partial charge in [-0.15, -0.1) is 0 Å². The number of rotatable bonds is 12. The number of hydrogen-bond donors (Lipinski definition) is 0. The van der Waals surface area contributed by atoms with Gasteiger partial charge in [-0.3, -0.25) is 9.88 Å². The summed E-state index contributed by atoms with van der Waals surface area (Å²) in [6.45, 7) is 7.56. The van der Waals surface area contributed by atoms with Crippen LogP contribution >= 0.6 is 0 Å². The zero-order valence-corrected chi connectivity index (χ0v) is 21.0. The van der Waals surface area contributed by atoms with Crippen molar-refractivity contribution in [2.75, 3.05) is 46.6 Å². The minimum absolute atomic E-state index is 0.438. The molecule has 1 aliphatic heterocycles.